The molecule has 5 rings (SSSR count). The molecule has 2 heterocycles. The maximum absolute atomic E-state index is 13.3. The van der Waals surface area contributed by atoms with E-state index in [1.165, 1.54) is 35.0 Å². The fourth-order valence-corrected chi connectivity index (χ4v) is 5.39. The lowest BCUT2D eigenvalue weighted by Crippen LogP contribution is -2.36. The predicted molar refractivity (Wildman–Crippen MR) is 149 cm³/mol. The van der Waals surface area contributed by atoms with Crippen molar-refractivity contribution in [2.24, 2.45) is 5.73 Å². The van der Waals surface area contributed by atoms with Gasteiger partial charge in [-0.15, -0.1) is 0 Å². The number of nitrogens with two attached hydrogens (primary N) is 1. The highest BCUT2D eigenvalue weighted by Gasteiger charge is 2.31. The molecule has 0 unspecified atom stereocenters. The van der Waals surface area contributed by atoms with E-state index >= 15 is 0 Å². The molecule has 12 heteroatoms. The topological polar surface area (TPSA) is 169 Å². The highest BCUT2D eigenvalue weighted by Crippen LogP contribution is 2.25. The van der Waals surface area contributed by atoms with Crippen molar-refractivity contribution < 1.29 is 17.9 Å². The molecule has 0 fully saturated rings. The molecule has 5 N–H and O–H groups in total. The zero-order chi connectivity index (χ0) is 28.3. The minimum atomic E-state index is -4.12. The number of amides is 1. The molecule has 1 aliphatic heterocycles. The van der Waals surface area contributed by atoms with Crippen LogP contribution in [-0.2, 0) is 27.8 Å². The highest BCUT2D eigenvalue weighted by molar-refractivity contribution is 7.92. The summed E-state index contributed by atoms with van der Waals surface area (Å²) in [4.78, 5) is 30.4. The van der Waals surface area contributed by atoms with Crippen molar-refractivity contribution >= 4 is 27.5 Å². The molecular formula is C28H26N6O5S. The number of hydrogen-bond donors (Lipinski definition) is 4. The van der Waals surface area contributed by atoms with Gasteiger partial charge in [0, 0.05) is 18.5 Å². The summed E-state index contributed by atoms with van der Waals surface area (Å²) in [5, 5.41) is 10.3. The van der Waals surface area contributed by atoms with Crippen molar-refractivity contribution in [2.45, 2.75) is 30.3 Å². The molecule has 0 saturated carbocycles. The molecule has 0 radical (unpaired) electrons. The number of rotatable bonds is 9. The van der Waals surface area contributed by atoms with Crippen molar-refractivity contribution in [1.82, 2.24) is 14.9 Å². The Morgan fingerprint density at radius 1 is 1.02 bits per heavy atom. The highest BCUT2D eigenvalue weighted by atomic mass is 32.2. The number of carbonyl (C=O) groups excluding carboxylic acids is 1. The average molecular weight is 559 g/mol. The Bertz CT molecular complexity index is 1720. The lowest BCUT2D eigenvalue weighted by atomic mass is 10.1. The molecule has 3 aromatic carbocycles. The molecule has 0 saturated heterocycles. The van der Waals surface area contributed by atoms with Gasteiger partial charge in [0.05, 0.1) is 11.1 Å². The van der Waals surface area contributed by atoms with Crippen LogP contribution >= 0.6 is 0 Å². The van der Waals surface area contributed by atoms with E-state index in [0.29, 0.717) is 35.7 Å². The van der Waals surface area contributed by atoms with Gasteiger partial charge in [-0.05, 0) is 48.4 Å². The van der Waals surface area contributed by atoms with E-state index in [-0.39, 0.29) is 28.9 Å². The first-order chi connectivity index (χ1) is 19.2. The van der Waals surface area contributed by atoms with Crippen LogP contribution in [0.3, 0.4) is 0 Å². The van der Waals surface area contributed by atoms with E-state index in [2.05, 4.69) is 15.0 Å². The summed E-state index contributed by atoms with van der Waals surface area (Å²) < 4.78 is 35.3. The van der Waals surface area contributed by atoms with Crippen LogP contribution in [0, 0.1) is 5.41 Å². The Hall–Kier alpha value is -4.97. The average Bonchev–Trinajstić information content (AvgIpc) is 3.39. The number of sulfonamides is 1. The van der Waals surface area contributed by atoms with Gasteiger partial charge in [0.2, 0.25) is 5.91 Å². The zero-order valence-corrected chi connectivity index (χ0v) is 22.0. The number of aryl methyl sites for hydroxylation is 1. The second kappa shape index (κ2) is 11.0. The lowest BCUT2D eigenvalue weighted by Gasteiger charge is -2.16. The van der Waals surface area contributed by atoms with Gasteiger partial charge in [-0.2, -0.15) is 0 Å². The second-order valence-corrected chi connectivity index (χ2v) is 10.8. The summed E-state index contributed by atoms with van der Waals surface area (Å²) in [6.07, 6.45) is 1.93. The normalized spacial score (nSPS) is 14.2. The molecule has 1 amide bonds. The Balaban J connectivity index is 1.29. The summed E-state index contributed by atoms with van der Waals surface area (Å²) in [5.41, 5.74) is 5.93. The Morgan fingerprint density at radius 3 is 2.38 bits per heavy atom. The summed E-state index contributed by atoms with van der Waals surface area (Å²) >= 11 is 0. The maximum Gasteiger partial charge on any atom is 0.278 e. The van der Waals surface area contributed by atoms with Crippen molar-refractivity contribution in [3.8, 4) is 11.5 Å². The monoisotopic (exact) mass is 558 g/mol. The Morgan fingerprint density at radius 2 is 1.70 bits per heavy atom. The molecule has 0 aliphatic carbocycles. The van der Waals surface area contributed by atoms with E-state index in [1.54, 1.807) is 36.4 Å². The van der Waals surface area contributed by atoms with Crippen LogP contribution in [0.5, 0.6) is 11.5 Å². The van der Waals surface area contributed by atoms with Crippen LogP contribution in [0.4, 0.5) is 5.69 Å². The number of benzene rings is 3. The third kappa shape index (κ3) is 5.71. The number of anilines is 1. The second-order valence-electron chi connectivity index (χ2n) is 9.14. The molecule has 1 aliphatic rings. The van der Waals surface area contributed by atoms with E-state index in [4.69, 9.17) is 15.9 Å². The van der Waals surface area contributed by atoms with Gasteiger partial charge >= 0.3 is 0 Å². The van der Waals surface area contributed by atoms with E-state index < -0.39 is 21.6 Å². The van der Waals surface area contributed by atoms with Gasteiger partial charge in [0.1, 0.15) is 34.9 Å². The van der Waals surface area contributed by atoms with Crippen LogP contribution in [0.1, 0.15) is 29.4 Å². The molecule has 4 aromatic rings. The van der Waals surface area contributed by atoms with E-state index in [1.807, 2.05) is 18.2 Å². The maximum atomic E-state index is 13.3. The number of carbonyl (C=O) groups is 1. The van der Waals surface area contributed by atoms with Crippen molar-refractivity contribution in [2.75, 3.05) is 4.72 Å². The molecule has 1 aromatic heterocycles. The van der Waals surface area contributed by atoms with Gasteiger partial charge in [0.25, 0.3) is 15.6 Å². The van der Waals surface area contributed by atoms with Crippen LogP contribution in [-0.4, -0.2) is 29.7 Å². The van der Waals surface area contributed by atoms with Crippen LogP contribution in [0.25, 0.3) is 0 Å². The largest absolute Gasteiger partial charge is 0.457 e. The number of ether oxygens (including phenoxy) is 1. The number of aromatic nitrogens is 2. The number of nitrogen functional groups attached to an aromatic ring is 1. The number of fused-ring (bicyclic) bond motifs is 1. The Kier molecular flexibility index (Phi) is 7.34. The fourth-order valence-electron chi connectivity index (χ4n) is 4.35. The zero-order valence-electron chi connectivity index (χ0n) is 21.2. The third-order valence-corrected chi connectivity index (χ3v) is 7.80. The standard InChI is InChI=1S/C28H26N6O5S/c29-26(30)19-8-6-18(7-9-19)16-32-27(35)24-14-15-25-31-17-23(28(36)34(24)25)33-40(37,38)22-12-10-21(11-13-22)39-20-4-2-1-3-5-20/h1-13,17,24,33H,14-16H2,(H3,29,30)(H,32,35)/t24-/m0/s1. The van der Waals surface area contributed by atoms with Crippen LogP contribution in [0.2, 0.25) is 0 Å². The third-order valence-electron chi connectivity index (χ3n) is 6.41. The number of amidine groups is 1. The van der Waals surface area contributed by atoms with Gasteiger partial charge < -0.3 is 15.8 Å². The van der Waals surface area contributed by atoms with E-state index in [9.17, 15) is 18.0 Å². The number of para-hydroxylation sites is 1. The first-order valence-corrected chi connectivity index (χ1v) is 13.9. The number of nitrogens with zero attached hydrogens (tertiary/aromatic N) is 2. The first kappa shape index (κ1) is 26.6. The van der Waals surface area contributed by atoms with E-state index in [0.717, 1.165) is 5.56 Å². The van der Waals surface area contributed by atoms with Crippen molar-refractivity contribution in [3.63, 3.8) is 0 Å². The Labute approximate surface area is 230 Å². The molecule has 204 valence electrons. The van der Waals surface area contributed by atoms with Gasteiger partial charge in [0.15, 0.2) is 0 Å². The smallest absolute Gasteiger partial charge is 0.278 e. The molecule has 1 atom stereocenters. The minimum Gasteiger partial charge on any atom is -0.457 e. The minimum absolute atomic E-state index is 0.0504. The summed E-state index contributed by atoms with van der Waals surface area (Å²) in [6.45, 7) is 0.210. The summed E-state index contributed by atoms with van der Waals surface area (Å²) in [5.74, 6) is 1.03. The SMILES string of the molecule is N=C(N)c1ccc(CNC(=O)[C@@H]2CCc3ncc(NS(=O)(=O)c4ccc(Oc5ccccc5)cc4)c(=O)n32)cc1. The quantitative estimate of drug-likeness (QED) is 0.181. The molecular weight excluding hydrogens is 532 g/mol. The number of nitrogens with one attached hydrogen (secondary N) is 3. The van der Waals surface area contributed by atoms with Gasteiger partial charge in [-0.25, -0.2) is 13.4 Å². The number of hydrogen-bond acceptors (Lipinski definition) is 7. The van der Waals surface area contributed by atoms with Crippen molar-refractivity contribution in [3.05, 3.63) is 112 Å². The molecule has 0 bridgehead atoms. The molecule has 11 nitrogen and oxygen atoms in total. The van der Waals surface area contributed by atoms with Gasteiger partial charge in [-0.3, -0.25) is 24.3 Å². The lowest BCUT2D eigenvalue weighted by molar-refractivity contribution is -0.124. The van der Waals surface area contributed by atoms with Crippen LogP contribution < -0.4 is 26.1 Å². The summed E-state index contributed by atoms with van der Waals surface area (Å²) in [6, 6.07) is 20.9. The molecule has 40 heavy (non-hydrogen) atoms. The predicted octanol–water partition coefficient (Wildman–Crippen LogP) is 2.92. The summed E-state index contributed by atoms with van der Waals surface area (Å²) in [7, 11) is -4.12. The first-order valence-electron chi connectivity index (χ1n) is 12.4. The van der Waals surface area contributed by atoms with Crippen molar-refractivity contribution in [1.29, 1.82) is 5.41 Å². The molecule has 0 spiro atoms. The van der Waals surface area contributed by atoms with Gasteiger partial charge in [-0.1, -0.05) is 42.5 Å². The van der Waals surface area contributed by atoms with Crippen LogP contribution in [0.15, 0.2) is 94.7 Å². The fraction of sp³-hybridized carbons (Fsp3) is 0.143.